The lowest BCUT2D eigenvalue weighted by molar-refractivity contribution is -0.116. The molecule has 6 nitrogen and oxygen atoms in total. The maximum atomic E-state index is 12.1. The van der Waals surface area contributed by atoms with Crippen LogP contribution in [0.1, 0.15) is 36.0 Å². The van der Waals surface area contributed by atoms with Gasteiger partial charge in [-0.3, -0.25) is 9.59 Å². The number of rotatable bonds is 7. The second-order valence-electron chi connectivity index (χ2n) is 6.77. The van der Waals surface area contributed by atoms with Gasteiger partial charge in [0.25, 0.3) is 5.91 Å². The second kappa shape index (κ2) is 10.7. The number of halogens is 1. The van der Waals surface area contributed by atoms with E-state index in [0.29, 0.717) is 29.4 Å². The van der Waals surface area contributed by atoms with Crippen LogP contribution in [0.3, 0.4) is 0 Å². The average Bonchev–Trinajstić information content (AvgIpc) is 2.69. The van der Waals surface area contributed by atoms with Crippen LogP contribution in [0.4, 0.5) is 5.69 Å². The Bertz CT molecular complexity index is 790. The van der Waals surface area contributed by atoms with E-state index >= 15 is 0 Å². The number of amides is 2. The minimum atomic E-state index is -0.539. The number of anilines is 1. The zero-order chi connectivity index (χ0) is 19.1. The first-order valence-corrected chi connectivity index (χ1v) is 9.29. The topological polar surface area (TPSA) is 93.5 Å². The number of carbonyl (C=O) groups excluding carboxylic acids is 2. The summed E-state index contributed by atoms with van der Waals surface area (Å²) in [4.78, 5) is 23.6. The number of ether oxygens (including phenoxy) is 1. The minimum absolute atomic E-state index is 0. The summed E-state index contributed by atoms with van der Waals surface area (Å²) < 4.78 is 5.74. The van der Waals surface area contributed by atoms with Gasteiger partial charge in [-0.25, -0.2) is 0 Å². The molecular weight excluding hydrogens is 378 g/mol. The molecule has 0 spiro atoms. The summed E-state index contributed by atoms with van der Waals surface area (Å²) in [5, 5.41) is 6.25. The Labute approximate surface area is 171 Å². The van der Waals surface area contributed by atoms with Gasteiger partial charge in [0.1, 0.15) is 11.5 Å². The van der Waals surface area contributed by atoms with E-state index < -0.39 is 5.91 Å². The predicted octanol–water partition coefficient (Wildman–Crippen LogP) is 3.72. The van der Waals surface area contributed by atoms with Crippen molar-refractivity contribution in [2.45, 2.75) is 25.7 Å². The van der Waals surface area contributed by atoms with Gasteiger partial charge in [0.15, 0.2) is 0 Å². The summed E-state index contributed by atoms with van der Waals surface area (Å²) in [6, 6.07) is 13.9. The maximum Gasteiger partial charge on any atom is 0.252 e. The van der Waals surface area contributed by atoms with Gasteiger partial charge in [0, 0.05) is 12.1 Å². The molecule has 0 aromatic heterocycles. The maximum absolute atomic E-state index is 12.1. The Morgan fingerprint density at radius 3 is 2.43 bits per heavy atom. The highest BCUT2D eigenvalue weighted by Gasteiger charge is 2.14. The lowest BCUT2D eigenvalue weighted by atomic mass is 9.93. The number of primary amides is 1. The highest BCUT2D eigenvalue weighted by molar-refractivity contribution is 5.95. The monoisotopic (exact) mass is 403 g/mol. The Hall–Kier alpha value is -2.57. The van der Waals surface area contributed by atoms with Crippen molar-refractivity contribution < 1.29 is 14.3 Å². The normalized spacial score (nSPS) is 14.0. The summed E-state index contributed by atoms with van der Waals surface area (Å²) in [6.45, 7) is 2.10. The number of para-hydroxylation sites is 1. The summed E-state index contributed by atoms with van der Waals surface area (Å²) in [6.07, 6.45) is 3.76. The smallest absolute Gasteiger partial charge is 0.252 e. The van der Waals surface area contributed by atoms with E-state index in [1.807, 2.05) is 0 Å². The number of carbonyl (C=O) groups is 2. The van der Waals surface area contributed by atoms with Gasteiger partial charge in [0.05, 0.1) is 5.56 Å². The van der Waals surface area contributed by atoms with Gasteiger partial charge >= 0.3 is 0 Å². The van der Waals surface area contributed by atoms with E-state index in [1.165, 1.54) is 0 Å². The number of hydrogen-bond donors (Lipinski definition) is 3. The van der Waals surface area contributed by atoms with Crippen molar-refractivity contribution in [1.82, 2.24) is 5.32 Å². The second-order valence-corrected chi connectivity index (χ2v) is 6.77. The molecule has 1 heterocycles. The van der Waals surface area contributed by atoms with Crippen LogP contribution in [0.25, 0.3) is 0 Å². The van der Waals surface area contributed by atoms with Gasteiger partial charge in [-0.05, 0) is 74.7 Å². The molecular formula is C21H26ClN3O3. The highest BCUT2D eigenvalue weighted by atomic mass is 35.5. The van der Waals surface area contributed by atoms with E-state index in [1.54, 1.807) is 48.5 Å². The predicted molar refractivity (Wildman–Crippen MR) is 112 cm³/mol. The number of nitrogens with one attached hydrogen (secondary N) is 2. The first-order chi connectivity index (χ1) is 13.1. The van der Waals surface area contributed by atoms with Crippen LogP contribution in [0.15, 0.2) is 48.5 Å². The van der Waals surface area contributed by atoms with Crippen molar-refractivity contribution in [1.29, 1.82) is 0 Å². The van der Waals surface area contributed by atoms with Crippen molar-refractivity contribution in [3.63, 3.8) is 0 Å². The fourth-order valence-corrected chi connectivity index (χ4v) is 3.22. The summed E-state index contributed by atoms with van der Waals surface area (Å²) in [5.74, 6) is 1.10. The molecule has 0 atom stereocenters. The van der Waals surface area contributed by atoms with Crippen LogP contribution in [0.5, 0.6) is 11.5 Å². The third kappa shape index (κ3) is 6.25. The molecule has 150 valence electrons. The van der Waals surface area contributed by atoms with E-state index in [2.05, 4.69) is 10.6 Å². The Morgan fingerprint density at radius 1 is 1.07 bits per heavy atom. The summed E-state index contributed by atoms with van der Waals surface area (Å²) in [7, 11) is 0. The molecule has 0 aliphatic carbocycles. The zero-order valence-electron chi connectivity index (χ0n) is 15.6. The van der Waals surface area contributed by atoms with Crippen molar-refractivity contribution in [2.24, 2.45) is 11.7 Å². The van der Waals surface area contributed by atoms with Gasteiger partial charge in [-0.15, -0.1) is 12.4 Å². The Kier molecular flexibility index (Phi) is 8.29. The minimum Gasteiger partial charge on any atom is -0.457 e. The lowest BCUT2D eigenvalue weighted by Gasteiger charge is -2.22. The zero-order valence-corrected chi connectivity index (χ0v) is 16.5. The van der Waals surface area contributed by atoms with Crippen LogP contribution < -0.4 is 21.1 Å². The van der Waals surface area contributed by atoms with Crippen LogP contribution in [-0.4, -0.2) is 24.9 Å². The fourth-order valence-electron chi connectivity index (χ4n) is 3.22. The molecule has 2 aromatic carbocycles. The standard InChI is InChI=1S/C21H25N3O3.ClH/c22-21(26)18-3-1-2-4-19(18)27-17-8-6-16(7-9-17)24-20(25)10-5-15-11-13-23-14-12-15;/h1-4,6-9,15,23H,5,10-14H2,(H2,22,26)(H,24,25);1H. The SMILES string of the molecule is Cl.NC(=O)c1ccccc1Oc1ccc(NC(=O)CCC2CCNCC2)cc1. The molecule has 0 radical (unpaired) electrons. The third-order valence-corrected chi connectivity index (χ3v) is 4.76. The third-order valence-electron chi connectivity index (χ3n) is 4.76. The van der Waals surface area contributed by atoms with Crippen molar-refractivity contribution in [3.05, 3.63) is 54.1 Å². The van der Waals surface area contributed by atoms with Crippen LogP contribution >= 0.6 is 12.4 Å². The van der Waals surface area contributed by atoms with Crippen LogP contribution in [0.2, 0.25) is 0 Å². The van der Waals surface area contributed by atoms with E-state index in [0.717, 1.165) is 38.0 Å². The molecule has 7 heteroatoms. The molecule has 1 fully saturated rings. The van der Waals surface area contributed by atoms with Crippen molar-refractivity contribution in [3.8, 4) is 11.5 Å². The van der Waals surface area contributed by atoms with Crippen molar-refractivity contribution >= 4 is 29.9 Å². The summed E-state index contributed by atoms with van der Waals surface area (Å²) >= 11 is 0. The molecule has 0 saturated carbocycles. The van der Waals surface area contributed by atoms with Gasteiger partial charge < -0.3 is 21.1 Å². The molecule has 2 aromatic rings. The van der Waals surface area contributed by atoms with Crippen LogP contribution in [0, 0.1) is 5.92 Å². The number of nitrogens with two attached hydrogens (primary N) is 1. The van der Waals surface area contributed by atoms with Crippen molar-refractivity contribution in [2.75, 3.05) is 18.4 Å². The van der Waals surface area contributed by atoms with E-state index in [9.17, 15) is 9.59 Å². The average molecular weight is 404 g/mol. The quantitative estimate of drug-likeness (QED) is 0.656. The first kappa shape index (κ1) is 21.7. The van der Waals surface area contributed by atoms with Gasteiger partial charge in [0.2, 0.25) is 5.91 Å². The largest absolute Gasteiger partial charge is 0.457 e. The van der Waals surface area contributed by atoms with Crippen LogP contribution in [-0.2, 0) is 4.79 Å². The first-order valence-electron chi connectivity index (χ1n) is 9.29. The molecule has 0 bridgehead atoms. The molecule has 0 unspecified atom stereocenters. The molecule has 3 rings (SSSR count). The van der Waals surface area contributed by atoms with E-state index in [-0.39, 0.29) is 18.3 Å². The summed E-state index contributed by atoms with van der Waals surface area (Å²) in [5.41, 5.74) is 6.41. The molecule has 2 amide bonds. The molecule has 1 aliphatic heterocycles. The van der Waals surface area contributed by atoms with Gasteiger partial charge in [-0.1, -0.05) is 12.1 Å². The fraction of sp³-hybridized carbons (Fsp3) is 0.333. The highest BCUT2D eigenvalue weighted by Crippen LogP contribution is 2.26. The van der Waals surface area contributed by atoms with Gasteiger partial charge in [-0.2, -0.15) is 0 Å². The Balaban J connectivity index is 0.00000280. The number of benzene rings is 2. The molecule has 4 N–H and O–H groups in total. The number of hydrogen-bond acceptors (Lipinski definition) is 4. The molecule has 28 heavy (non-hydrogen) atoms. The van der Waals surface area contributed by atoms with E-state index in [4.69, 9.17) is 10.5 Å². The molecule has 1 saturated heterocycles. The number of piperidine rings is 1. The molecule has 1 aliphatic rings. The lowest BCUT2D eigenvalue weighted by Crippen LogP contribution is -2.28. The Morgan fingerprint density at radius 2 is 1.75 bits per heavy atom.